The zero-order valence-corrected chi connectivity index (χ0v) is 18.0. The summed E-state index contributed by atoms with van der Waals surface area (Å²) in [5.74, 6) is -0.0428. The Morgan fingerprint density at radius 1 is 1.35 bits per heavy atom. The first-order chi connectivity index (χ1) is 14.9. The molecular weight excluding hydrogens is 440 g/mol. The SMILES string of the molecule is CC(=O)Nc1cc(C#N)cc2c1CCN2S(=O)(=O)c1cccc2cncc(OCCl)c12. The zero-order chi connectivity index (χ0) is 22.2. The van der Waals surface area contributed by atoms with E-state index in [0.717, 1.165) is 0 Å². The van der Waals surface area contributed by atoms with Crippen LogP contribution in [0.5, 0.6) is 5.75 Å². The predicted molar refractivity (Wildman–Crippen MR) is 117 cm³/mol. The molecule has 0 saturated carbocycles. The zero-order valence-electron chi connectivity index (χ0n) is 16.4. The molecule has 0 unspecified atom stereocenters. The van der Waals surface area contributed by atoms with E-state index in [9.17, 15) is 18.5 Å². The molecule has 8 nitrogen and oxygen atoms in total. The third kappa shape index (κ3) is 3.65. The number of carbonyl (C=O) groups is 1. The third-order valence-corrected chi connectivity index (χ3v) is 6.95. The van der Waals surface area contributed by atoms with E-state index < -0.39 is 10.0 Å². The molecule has 0 radical (unpaired) electrons. The molecule has 0 saturated heterocycles. The van der Waals surface area contributed by atoms with Crippen LogP contribution in [0.3, 0.4) is 0 Å². The summed E-state index contributed by atoms with van der Waals surface area (Å²) in [7, 11) is -4.03. The van der Waals surface area contributed by atoms with Crippen LogP contribution in [-0.4, -0.2) is 31.9 Å². The van der Waals surface area contributed by atoms with Gasteiger partial charge in [0.05, 0.1) is 28.4 Å². The highest BCUT2D eigenvalue weighted by Gasteiger charge is 2.34. The van der Waals surface area contributed by atoms with Crippen LogP contribution in [0.15, 0.2) is 47.6 Å². The highest BCUT2D eigenvalue weighted by atomic mass is 35.5. The second-order valence-corrected chi connectivity index (χ2v) is 8.94. The Hall–Kier alpha value is -3.35. The fourth-order valence-electron chi connectivity index (χ4n) is 3.76. The number of nitriles is 1. The van der Waals surface area contributed by atoms with Crippen molar-refractivity contribution < 1.29 is 17.9 Å². The fraction of sp³-hybridized carbons (Fsp3) is 0.190. The number of benzene rings is 2. The first kappa shape index (κ1) is 20.9. The molecule has 158 valence electrons. The lowest BCUT2D eigenvalue weighted by Gasteiger charge is -2.22. The molecule has 1 amide bonds. The largest absolute Gasteiger partial charge is 0.476 e. The van der Waals surface area contributed by atoms with Crippen LogP contribution < -0.4 is 14.4 Å². The van der Waals surface area contributed by atoms with E-state index in [4.69, 9.17) is 16.3 Å². The van der Waals surface area contributed by atoms with Gasteiger partial charge in [0.15, 0.2) is 6.07 Å². The Morgan fingerprint density at radius 2 is 2.16 bits per heavy atom. The molecule has 2 aromatic carbocycles. The van der Waals surface area contributed by atoms with Crippen LogP contribution in [0, 0.1) is 11.3 Å². The third-order valence-electron chi connectivity index (χ3n) is 4.99. The number of hydrogen-bond acceptors (Lipinski definition) is 6. The lowest BCUT2D eigenvalue weighted by Crippen LogP contribution is -2.29. The lowest BCUT2D eigenvalue weighted by atomic mass is 10.1. The number of halogens is 1. The predicted octanol–water partition coefficient (Wildman–Crippen LogP) is 3.39. The maximum atomic E-state index is 13.7. The molecule has 2 heterocycles. The van der Waals surface area contributed by atoms with Crippen molar-refractivity contribution in [2.45, 2.75) is 18.2 Å². The van der Waals surface area contributed by atoms with Crippen LogP contribution in [0.4, 0.5) is 11.4 Å². The number of rotatable bonds is 5. The van der Waals surface area contributed by atoms with Crippen molar-refractivity contribution in [2.75, 3.05) is 22.2 Å². The molecule has 0 atom stereocenters. The highest BCUT2D eigenvalue weighted by molar-refractivity contribution is 7.93. The van der Waals surface area contributed by atoms with Gasteiger partial charge in [-0.15, -0.1) is 0 Å². The maximum Gasteiger partial charge on any atom is 0.265 e. The average Bonchev–Trinajstić information content (AvgIpc) is 3.18. The summed E-state index contributed by atoms with van der Waals surface area (Å²) in [6, 6.07) is 9.80. The van der Waals surface area contributed by atoms with Crippen molar-refractivity contribution in [1.29, 1.82) is 5.26 Å². The van der Waals surface area contributed by atoms with Gasteiger partial charge in [-0.25, -0.2) is 8.42 Å². The number of carbonyl (C=O) groups excluding carboxylic acids is 1. The minimum Gasteiger partial charge on any atom is -0.476 e. The molecule has 1 aromatic heterocycles. The molecular formula is C21H17ClN4O4S. The fourth-order valence-corrected chi connectivity index (χ4v) is 5.60. The number of anilines is 2. The minimum atomic E-state index is -4.03. The van der Waals surface area contributed by atoms with Crippen molar-refractivity contribution in [2.24, 2.45) is 0 Å². The Bertz CT molecular complexity index is 1350. The van der Waals surface area contributed by atoms with Crippen LogP contribution in [0.1, 0.15) is 18.1 Å². The van der Waals surface area contributed by atoms with Crippen molar-refractivity contribution in [3.05, 3.63) is 53.9 Å². The van der Waals surface area contributed by atoms with E-state index in [0.29, 0.717) is 34.1 Å². The molecule has 1 aliphatic rings. The lowest BCUT2D eigenvalue weighted by molar-refractivity contribution is -0.114. The molecule has 3 aromatic rings. The van der Waals surface area contributed by atoms with E-state index in [2.05, 4.69) is 10.3 Å². The molecule has 1 aliphatic heterocycles. The summed E-state index contributed by atoms with van der Waals surface area (Å²) in [5.41, 5.74) is 1.72. The summed E-state index contributed by atoms with van der Waals surface area (Å²) in [5, 5.41) is 13.1. The van der Waals surface area contributed by atoms with Gasteiger partial charge in [-0.3, -0.25) is 14.1 Å². The maximum absolute atomic E-state index is 13.7. The quantitative estimate of drug-likeness (QED) is 0.589. The average molecular weight is 457 g/mol. The van der Waals surface area contributed by atoms with Crippen LogP contribution in [0.2, 0.25) is 0 Å². The summed E-state index contributed by atoms with van der Waals surface area (Å²) in [4.78, 5) is 15.7. The van der Waals surface area contributed by atoms with Crippen LogP contribution >= 0.6 is 11.6 Å². The van der Waals surface area contributed by atoms with Crippen molar-refractivity contribution in [1.82, 2.24) is 4.98 Å². The van der Waals surface area contributed by atoms with E-state index in [1.54, 1.807) is 24.4 Å². The van der Waals surface area contributed by atoms with Gasteiger partial charge < -0.3 is 10.1 Å². The summed E-state index contributed by atoms with van der Waals surface area (Å²) >= 11 is 5.71. The van der Waals surface area contributed by atoms with E-state index in [1.165, 1.54) is 29.6 Å². The second kappa shape index (κ2) is 8.06. The van der Waals surface area contributed by atoms with Crippen LogP contribution in [0.25, 0.3) is 10.8 Å². The van der Waals surface area contributed by atoms with Gasteiger partial charge in [-0.05, 0) is 24.6 Å². The number of hydrogen-bond donors (Lipinski definition) is 1. The van der Waals surface area contributed by atoms with E-state index in [-0.39, 0.29) is 34.7 Å². The monoisotopic (exact) mass is 456 g/mol. The van der Waals surface area contributed by atoms with Gasteiger partial charge in [-0.1, -0.05) is 23.7 Å². The van der Waals surface area contributed by atoms with Gasteiger partial charge in [0, 0.05) is 41.7 Å². The minimum absolute atomic E-state index is 0.0452. The Kier molecular flexibility index (Phi) is 5.43. The summed E-state index contributed by atoms with van der Waals surface area (Å²) in [6.45, 7) is 1.53. The molecule has 10 heteroatoms. The van der Waals surface area contributed by atoms with Crippen LogP contribution in [-0.2, 0) is 21.2 Å². The Morgan fingerprint density at radius 3 is 2.87 bits per heavy atom. The standard InChI is InChI=1S/C21H17ClN4O4S/c1-13(27)25-17-7-14(9-23)8-18-16(17)5-6-26(18)31(28,29)20-4-2-3-15-10-24-11-19(21(15)20)30-12-22/h2-4,7-8,10-11H,5-6,12H2,1H3,(H,25,27). The topological polar surface area (TPSA) is 112 Å². The first-order valence-electron chi connectivity index (χ1n) is 9.29. The molecule has 0 spiro atoms. The molecule has 4 rings (SSSR count). The number of ether oxygens (including phenoxy) is 1. The van der Waals surface area contributed by atoms with Gasteiger partial charge in [0.25, 0.3) is 10.0 Å². The van der Waals surface area contributed by atoms with Gasteiger partial charge in [0.1, 0.15) is 5.75 Å². The number of aromatic nitrogens is 1. The number of sulfonamides is 1. The number of nitrogens with one attached hydrogen (secondary N) is 1. The van der Waals surface area contributed by atoms with Crippen molar-refractivity contribution in [3.63, 3.8) is 0 Å². The van der Waals surface area contributed by atoms with Gasteiger partial charge in [-0.2, -0.15) is 5.26 Å². The number of nitrogens with zero attached hydrogens (tertiary/aromatic N) is 3. The molecule has 1 N–H and O–H groups in total. The van der Waals surface area contributed by atoms with Gasteiger partial charge in [0.2, 0.25) is 5.91 Å². The highest BCUT2D eigenvalue weighted by Crippen LogP contribution is 2.40. The molecule has 0 fully saturated rings. The molecule has 31 heavy (non-hydrogen) atoms. The molecule has 0 aliphatic carbocycles. The summed E-state index contributed by atoms with van der Waals surface area (Å²) < 4.78 is 34.2. The van der Waals surface area contributed by atoms with E-state index in [1.807, 2.05) is 6.07 Å². The summed E-state index contributed by atoms with van der Waals surface area (Å²) in [6.07, 6.45) is 3.37. The van der Waals surface area contributed by atoms with Crippen molar-refractivity contribution >= 4 is 49.7 Å². The smallest absolute Gasteiger partial charge is 0.265 e. The van der Waals surface area contributed by atoms with Crippen molar-refractivity contribution in [3.8, 4) is 11.8 Å². The Balaban J connectivity index is 1.91. The molecule has 0 bridgehead atoms. The van der Waals surface area contributed by atoms with Gasteiger partial charge >= 0.3 is 0 Å². The normalized spacial score (nSPS) is 13.0. The number of fused-ring (bicyclic) bond motifs is 2. The Labute approximate surface area is 184 Å². The number of pyridine rings is 1. The number of amides is 1. The number of alkyl halides is 1. The second-order valence-electron chi connectivity index (χ2n) is 6.89. The van der Waals surface area contributed by atoms with E-state index >= 15 is 0 Å². The first-order valence-corrected chi connectivity index (χ1v) is 11.3.